The van der Waals surface area contributed by atoms with E-state index < -0.39 is 0 Å². The summed E-state index contributed by atoms with van der Waals surface area (Å²) in [5.74, 6) is 0. The normalized spacial score (nSPS) is 0. The monoisotopic (exact) mass is 623 g/mol. The first-order chi connectivity index (χ1) is 0. The van der Waals surface area contributed by atoms with E-state index in [2.05, 4.69) is 0 Å². The van der Waals surface area contributed by atoms with Gasteiger partial charge in [-0.1, -0.05) is 0 Å². The van der Waals surface area contributed by atoms with Crippen molar-refractivity contribution < 1.29 is 113 Å². The fraction of sp³-hybridized carbons (Fsp3) is 0. The van der Waals surface area contributed by atoms with Crippen molar-refractivity contribution in [3.63, 3.8) is 0 Å². The van der Waals surface area contributed by atoms with Crippen LogP contribution in [0, 0.1) is 0 Å². The molecule has 9 heavy (non-hydrogen) atoms. The standard InChI is InChI=1S/2O.2P.5Pd/q2*-2;2*-3;5*+2. The summed E-state index contributed by atoms with van der Waals surface area (Å²) in [6, 6.07) is 0. The molecule has 0 saturated heterocycles. The molecule has 72 valence electrons. The van der Waals surface area contributed by atoms with Crippen LogP contribution in [0.25, 0.3) is 0 Å². The molecule has 0 radical (unpaired) electrons. The number of hydrogen-bond donors (Lipinski definition) is 0. The third-order valence-electron chi connectivity index (χ3n) is 0. The largest absolute Gasteiger partial charge is 3.00 e. The maximum Gasteiger partial charge on any atom is 2.00 e. The summed E-state index contributed by atoms with van der Waals surface area (Å²) in [6.07, 6.45) is 0. The average Bonchev–Trinajstić information content (AvgIpc) is 0. The predicted octanol–water partition coefficient (Wildman–Crippen LogP) is 1.47. The Morgan fingerprint density at radius 2 is 0.333 bits per heavy atom. The van der Waals surface area contributed by atoms with E-state index in [0.717, 1.165) is 0 Å². The zero-order valence-corrected chi connectivity index (χ0v) is 12.9. The minimum absolute atomic E-state index is 0. The predicted molar refractivity (Wildman–Crippen MR) is 15.2 cm³/mol. The van der Waals surface area contributed by atoms with Crippen LogP contribution in [-0.4, -0.2) is 0 Å². The second kappa shape index (κ2) is 88.9. The number of hydrogen-bond acceptors (Lipinski definition) is 0. The Morgan fingerprint density at radius 3 is 0.333 bits per heavy atom. The molecule has 0 heterocycles. The van der Waals surface area contributed by atoms with Crippen molar-refractivity contribution in [2.24, 2.45) is 0 Å². The van der Waals surface area contributed by atoms with Gasteiger partial charge in [0.15, 0.2) is 0 Å². The fourth-order valence-corrected chi connectivity index (χ4v) is 0. The van der Waals surface area contributed by atoms with E-state index in [1.54, 1.807) is 0 Å². The summed E-state index contributed by atoms with van der Waals surface area (Å²) in [5, 5.41) is 0. The van der Waals surface area contributed by atoms with Gasteiger partial charge in [-0.25, -0.2) is 0 Å². The second-order valence-electron chi connectivity index (χ2n) is 0. The summed E-state index contributed by atoms with van der Waals surface area (Å²) >= 11 is 0. The molecule has 0 rings (SSSR count). The molecule has 0 aromatic heterocycles. The maximum absolute atomic E-state index is 0. The fourth-order valence-electron chi connectivity index (χ4n) is 0. The molecule has 0 aliphatic rings. The van der Waals surface area contributed by atoms with E-state index in [1.807, 2.05) is 0 Å². The first-order valence-corrected chi connectivity index (χ1v) is 0. The van der Waals surface area contributed by atoms with Gasteiger partial charge in [-0.3, -0.25) is 0 Å². The Morgan fingerprint density at radius 1 is 0.333 bits per heavy atom. The van der Waals surface area contributed by atoms with Crippen molar-refractivity contribution >= 4 is 19.8 Å². The zero-order chi connectivity index (χ0) is 0. The molecule has 0 saturated carbocycles. The molecule has 0 aliphatic heterocycles. The molecule has 0 amide bonds. The molecule has 0 aromatic carbocycles. The molecule has 0 spiro atoms. The summed E-state index contributed by atoms with van der Waals surface area (Å²) in [7, 11) is 0. The first kappa shape index (κ1) is 114. The van der Waals surface area contributed by atoms with Crippen molar-refractivity contribution in [2.75, 3.05) is 0 Å². The van der Waals surface area contributed by atoms with Gasteiger partial charge in [-0.15, -0.1) is 0 Å². The van der Waals surface area contributed by atoms with Gasteiger partial charge >= 0.3 is 102 Å². The average molecular weight is 626 g/mol. The van der Waals surface area contributed by atoms with Crippen molar-refractivity contribution in [1.29, 1.82) is 0 Å². The molecular formula is O2P2Pd5. The van der Waals surface area contributed by atoms with E-state index in [0.29, 0.717) is 0 Å². The zero-order valence-electron chi connectivity index (χ0n) is 3.29. The first-order valence-electron chi connectivity index (χ1n) is 0. The van der Waals surface area contributed by atoms with Crippen LogP contribution in [0.2, 0.25) is 0 Å². The van der Waals surface area contributed by atoms with Gasteiger partial charge in [-0.05, 0) is 0 Å². The SMILES string of the molecule is [O-2].[O-2].[P-3].[P-3].[Pd+2].[Pd+2].[Pd+2].[Pd+2].[Pd+2]. The summed E-state index contributed by atoms with van der Waals surface area (Å²) in [5.41, 5.74) is 0. The Kier molecular flexibility index (Phi) is 1130. The van der Waals surface area contributed by atoms with Gasteiger partial charge in [0.2, 0.25) is 0 Å². The molecule has 0 unspecified atom stereocenters. The van der Waals surface area contributed by atoms with Gasteiger partial charge < -0.3 is 30.8 Å². The molecule has 0 atom stereocenters. The Labute approximate surface area is 131 Å². The van der Waals surface area contributed by atoms with Crippen molar-refractivity contribution in [3.05, 3.63) is 0 Å². The van der Waals surface area contributed by atoms with Gasteiger partial charge in [-0.2, -0.15) is 0 Å². The third kappa shape index (κ3) is 73.6. The van der Waals surface area contributed by atoms with Crippen LogP contribution in [0.3, 0.4) is 0 Å². The molecule has 0 N–H and O–H groups in total. The number of rotatable bonds is 0. The Bertz CT molecular complexity index is 12.9. The molecule has 0 bridgehead atoms. The molecule has 2 nitrogen and oxygen atoms in total. The summed E-state index contributed by atoms with van der Waals surface area (Å²) < 4.78 is 0. The summed E-state index contributed by atoms with van der Waals surface area (Å²) in [6.45, 7) is 0. The van der Waals surface area contributed by atoms with Crippen LogP contribution in [0.4, 0.5) is 0 Å². The molecular weight excluding hydrogens is 626 g/mol. The second-order valence-corrected chi connectivity index (χ2v) is 0. The van der Waals surface area contributed by atoms with E-state index in [-0.39, 0.29) is 133 Å². The van der Waals surface area contributed by atoms with E-state index in [4.69, 9.17) is 0 Å². The van der Waals surface area contributed by atoms with Gasteiger partial charge in [0.05, 0.1) is 0 Å². The third-order valence-corrected chi connectivity index (χ3v) is 0. The minimum atomic E-state index is 0. The van der Waals surface area contributed by atoms with E-state index in [9.17, 15) is 0 Å². The molecule has 0 fully saturated rings. The van der Waals surface area contributed by atoms with Crippen LogP contribution < -0.4 is 0 Å². The van der Waals surface area contributed by atoms with Gasteiger partial charge in [0.1, 0.15) is 0 Å². The van der Waals surface area contributed by atoms with Crippen LogP contribution in [0.5, 0.6) is 0 Å². The molecule has 0 aliphatic carbocycles. The van der Waals surface area contributed by atoms with Crippen LogP contribution >= 0.6 is 19.8 Å². The van der Waals surface area contributed by atoms with Crippen molar-refractivity contribution in [2.45, 2.75) is 0 Å². The van der Waals surface area contributed by atoms with E-state index in [1.165, 1.54) is 0 Å². The molecule has 9 heteroatoms. The van der Waals surface area contributed by atoms with Gasteiger partial charge in [0, 0.05) is 0 Å². The van der Waals surface area contributed by atoms with Crippen LogP contribution in [-0.2, 0) is 113 Å². The quantitative estimate of drug-likeness (QED) is 0.290. The van der Waals surface area contributed by atoms with Crippen LogP contribution in [0.15, 0.2) is 0 Å². The van der Waals surface area contributed by atoms with Crippen molar-refractivity contribution in [1.82, 2.24) is 0 Å². The van der Waals surface area contributed by atoms with Gasteiger partial charge in [0.25, 0.3) is 0 Å². The van der Waals surface area contributed by atoms with Crippen molar-refractivity contribution in [3.8, 4) is 0 Å². The van der Waals surface area contributed by atoms with E-state index >= 15 is 0 Å². The Hall–Kier alpha value is 4.09. The van der Waals surface area contributed by atoms with Crippen LogP contribution in [0.1, 0.15) is 0 Å². The molecule has 0 aromatic rings. The minimum Gasteiger partial charge on any atom is -3.00 e. The topological polar surface area (TPSA) is 57.0 Å². The summed E-state index contributed by atoms with van der Waals surface area (Å²) in [4.78, 5) is 0. The smallest absolute Gasteiger partial charge is 2.00 e. The maximum atomic E-state index is 0. The Balaban J connectivity index is 0.